The van der Waals surface area contributed by atoms with E-state index in [2.05, 4.69) is 14.7 Å². The molecule has 0 fully saturated rings. The predicted octanol–water partition coefficient (Wildman–Crippen LogP) is 0.457. The number of nitrogens with one attached hydrogen (secondary N) is 1. The molecule has 0 aliphatic heterocycles. The average Bonchev–Trinajstić information content (AvgIpc) is 2.56. The molecule has 0 radical (unpaired) electrons. The molecule has 1 atom stereocenters. The molecule has 1 aromatic carbocycles. The summed E-state index contributed by atoms with van der Waals surface area (Å²) in [7, 11) is 1.29. The minimum atomic E-state index is -0.640. The number of pyridine rings is 1. The number of H-pyrrole nitrogens is 1. The maximum absolute atomic E-state index is 12.2. The second kappa shape index (κ2) is 7.49. The van der Waals surface area contributed by atoms with E-state index in [9.17, 15) is 9.59 Å². The van der Waals surface area contributed by atoms with Gasteiger partial charge in [-0.2, -0.15) is 0 Å². The summed E-state index contributed by atoms with van der Waals surface area (Å²) in [6.07, 6.45) is 0. The van der Waals surface area contributed by atoms with Crippen molar-refractivity contribution in [3.63, 3.8) is 0 Å². The summed E-state index contributed by atoms with van der Waals surface area (Å²) in [5.41, 5.74) is 11.1. The lowest BCUT2D eigenvalue weighted by Gasteiger charge is -2.10. The number of benzene rings is 1. The molecule has 0 amide bonds. The minimum Gasteiger partial charge on any atom is -0.492 e. The molecule has 5 N–H and O–H groups in total. The zero-order valence-corrected chi connectivity index (χ0v) is 13.5. The van der Waals surface area contributed by atoms with E-state index in [0.717, 1.165) is 5.39 Å². The van der Waals surface area contributed by atoms with E-state index >= 15 is 0 Å². The molecule has 1 heterocycles. The van der Waals surface area contributed by atoms with Gasteiger partial charge in [0.1, 0.15) is 12.4 Å². The second-order valence-electron chi connectivity index (χ2n) is 5.20. The molecule has 0 saturated carbocycles. The fourth-order valence-corrected chi connectivity index (χ4v) is 2.25. The number of aliphatic imine (C=N–C) groups is 1. The molecule has 1 aromatic heterocycles. The largest absolute Gasteiger partial charge is 0.492 e. The van der Waals surface area contributed by atoms with Gasteiger partial charge < -0.3 is 25.9 Å². The predicted molar refractivity (Wildman–Crippen MR) is 91.2 cm³/mol. The van der Waals surface area contributed by atoms with Gasteiger partial charge in [-0.25, -0.2) is 0 Å². The number of aromatic amines is 1. The van der Waals surface area contributed by atoms with Gasteiger partial charge in [0.25, 0.3) is 5.56 Å². The molecule has 2 rings (SSSR count). The van der Waals surface area contributed by atoms with Crippen molar-refractivity contribution in [2.24, 2.45) is 16.5 Å². The number of carbonyl (C=O) groups is 1. The number of carbonyl (C=O) groups excluding carboxylic acids is 1. The first-order valence-corrected chi connectivity index (χ1v) is 7.35. The number of methoxy groups -OCH3 is 1. The van der Waals surface area contributed by atoms with E-state index in [1.807, 2.05) is 0 Å². The van der Waals surface area contributed by atoms with Crippen molar-refractivity contribution in [1.29, 1.82) is 0 Å². The Morgan fingerprint density at radius 3 is 2.75 bits per heavy atom. The normalized spacial score (nSPS) is 11.8. The Labute approximate surface area is 138 Å². The molecule has 8 heteroatoms. The molecular weight excluding hydrogens is 312 g/mol. The SMILES string of the molecule is COC(=O)C(C)c1cc2ccc(OCCN=C(N)N)cc2[nH]c1=O. The number of rotatable bonds is 6. The fourth-order valence-electron chi connectivity index (χ4n) is 2.25. The third-order valence-electron chi connectivity index (χ3n) is 3.52. The number of nitrogens with zero attached hydrogens (tertiary/aromatic N) is 1. The van der Waals surface area contributed by atoms with Crippen LogP contribution in [0.2, 0.25) is 0 Å². The maximum Gasteiger partial charge on any atom is 0.313 e. The third-order valence-corrected chi connectivity index (χ3v) is 3.52. The lowest BCUT2D eigenvalue weighted by atomic mass is 10.0. The molecule has 2 aromatic rings. The highest BCUT2D eigenvalue weighted by Gasteiger charge is 2.19. The Morgan fingerprint density at radius 2 is 2.08 bits per heavy atom. The molecule has 1 unspecified atom stereocenters. The molecule has 0 spiro atoms. The van der Waals surface area contributed by atoms with Crippen LogP contribution in [0.5, 0.6) is 5.75 Å². The summed E-state index contributed by atoms with van der Waals surface area (Å²) in [5, 5.41) is 0.789. The summed E-state index contributed by atoms with van der Waals surface area (Å²) in [6, 6.07) is 6.95. The van der Waals surface area contributed by atoms with Crippen molar-refractivity contribution >= 4 is 22.8 Å². The van der Waals surface area contributed by atoms with Crippen LogP contribution in [-0.4, -0.2) is 37.2 Å². The zero-order valence-electron chi connectivity index (χ0n) is 13.5. The first-order valence-electron chi connectivity index (χ1n) is 7.35. The Morgan fingerprint density at radius 1 is 1.33 bits per heavy atom. The van der Waals surface area contributed by atoms with Crippen LogP contribution < -0.4 is 21.8 Å². The topological polar surface area (TPSA) is 133 Å². The van der Waals surface area contributed by atoms with Crippen LogP contribution in [0.25, 0.3) is 10.9 Å². The molecule has 0 bridgehead atoms. The van der Waals surface area contributed by atoms with Crippen LogP contribution in [0, 0.1) is 0 Å². The summed E-state index contributed by atoms with van der Waals surface area (Å²) < 4.78 is 10.2. The first-order chi connectivity index (χ1) is 11.4. The van der Waals surface area contributed by atoms with E-state index in [1.54, 1.807) is 31.2 Å². The highest BCUT2D eigenvalue weighted by Crippen LogP contribution is 2.21. The van der Waals surface area contributed by atoms with E-state index < -0.39 is 11.9 Å². The quantitative estimate of drug-likeness (QED) is 0.304. The van der Waals surface area contributed by atoms with Crippen molar-refractivity contribution in [2.45, 2.75) is 12.8 Å². The molecule has 0 aliphatic carbocycles. The summed E-state index contributed by atoms with van der Waals surface area (Å²) in [5.74, 6) is -0.510. The Balaban J connectivity index is 2.24. The van der Waals surface area contributed by atoms with Crippen molar-refractivity contribution < 1.29 is 14.3 Å². The van der Waals surface area contributed by atoms with Crippen molar-refractivity contribution in [2.75, 3.05) is 20.3 Å². The zero-order chi connectivity index (χ0) is 17.7. The summed E-state index contributed by atoms with van der Waals surface area (Å²) in [6.45, 7) is 2.28. The number of ether oxygens (including phenoxy) is 2. The Kier molecular flexibility index (Phi) is 5.41. The number of aromatic nitrogens is 1. The highest BCUT2D eigenvalue weighted by molar-refractivity contribution is 5.83. The minimum absolute atomic E-state index is 0.00805. The number of guanidine groups is 1. The van der Waals surface area contributed by atoms with Gasteiger partial charge in [0, 0.05) is 11.6 Å². The van der Waals surface area contributed by atoms with E-state index in [0.29, 0.717) is 30.0 Å². The number of hydrogen-bond acceptors (Lipinski definition) is 5. The van der Waals surface area contributed by atoms with Crippen LogP contribution >= 0.6 is 0 Å². The fraction of sp³-hybridized carbons (Fsp3) is 0.312. The second-order valence-corrected chi connectivity index (χ2v) is 5.20. The van der Waals surface area contributed by atoms with E-state index in [-0.39, 0.29) is 11.5 Å². The van der Waals surface area contributed by atoms with Gasteiger partial charge in [-0.1, -0.05) is 0 Å². The van der Waals surface area contributed by atoms with E-state index in [4.69, 9.17) is 16.2 Å². The van der Waals surface area contributed by atoms with Gasteiger partial charge in [-0.15, -0.1) is 0 Å². The Hall–Kier alpha value is -3.03. The van der Waals surface area contributed by atoms with Crippen LogP contribution in [0.4, 0.5) is 0 Å². The van der Waals surface area contributed by atoms with Gasteiger partial charge in [-0.05, 0) is 30.5 Å². The average molecular weight is 332 g/mol. The highest BCUT2D eigenvalue weighted by atomic mass is 16.5. The summed E-state index contributed by atoms with van der Waals surface area (Å²) in [4.78, 5) is 30.4. The van der Waals surface area contributed by atoms with Gasteiger partial charge in [0.2, 0.25) is 0 Å². The first kappa shape index (κ1) is 17.3. The number of nitrogens with two attached hydrogens (primary N) is 2. The molecule has 0 saturated heterocycles. The standard InChI is InChI=1S/C16H20N4O4/c1-9(15(22)23-2)12-7-10-3-4-11(8-13(10)20-14(12)21)24-6-5-19-16(17)18/h3-4,7-9H,5-6H2,1-2H3,(H,20,21)(H4,17,18,19). The molecular formula is C16H20N4O4. The van der Waals surface area contributed by atoms with Crippen molar-refractivity contribution in [1.82, 2.24) is 4.98 Å². The van der Waals surface area contributed by atoms with Gasteiger partial charge >= 0.3 is 5.97 Å². The molecule has 0 aliphatic rings. The van der Waals surface area contributed by atoms with Gasteiger partial charge in [0.05, 0.1) is 25.1 Å². The smallest absolute Gasteiger partial charge is 0.313 e. The van der Waals surface area contributed by atoms with Crippen molar-refractivity contribution in [3.05, 3.63) is 40.2 Å². The van der Waals surface area contributed by atoms with Crippen LogP contribution in [0.15, 0.2) is 34.1 Å². The molecule has 128 valence electrons. The maximum atomic E-state index is 12.2. The van der Waals surface area contributed by atoms with Crippen LogP contribution in [-0.2, 0) is 9.53 Å². The Bertz CT molecular complexity index is 824. The third kappa shape index (κ3) is 4.03. The number of esters is 1. The van der Waals surface area contributed by atoms with Crippen molar-refractivity contribution in [3.8, 4) is 5.75 Å². The molecule has 8 nitrogen and oxygen atoms in total. The monoisotopic (exact) mass is 332 g/mol. The van der Waals surface area contributed by atoms with Crippen LogP contribution in [0.3, 0.4) is 0 Å². The number of hydrogen-bond donors (Lipinski definition) is 3. The molecule has 24 heavy (non-hydrogen) atoms. The lowest BCUT2D eigenvalue weighted by Crippen LogP contribution is -2.23. The van der Waals surface area contributed by atoms with Gasteiger partial charge in [0.15, 0.2) is 5.96 Å². The summed E-state index contributed by atoms with van der Waals surface area (Å²) >= 11 is 0. The van der Waals surface area contributed by atoms with E-state index in [1.165, 1.54) is 7.11 Å². The van der Waals surface area contributed by atoms with Gasteiger partial charge in [-0.3, -0.25) is 14.6 Å². The lowest BCUT2D eigenvalue weighted by molar-refractivity contribution is -0.142. The number of fused-ring (bicyclic) bond motifs is 1. The van der Waals surface area contributed by atoms with Crippen LogP contribution in [0.1, 0.15) is 18.4 Å².